The van der Waals surface area contributed by atoms with E-state index in [1.54, 1.807) is 0 Å². The third-order valence-corrected chi connectivity index (χ3v) is 2.90. The van der Waals surface area contributed by atoms with E-state index in [1.165, 1.54) is 31.7 Å². The van der Waals surface area contributed by atoms with Crippen LogP contribution in [0.3, 0.4) is 0 Å². The van der Waals surface area contributed by atoms with Crippen LogP contribution in [-0.4, -0.2) is 12.3 Å². The average molecular weight is 192 g/mol. The van der Waals surface area contributed by atoms with Crippen molar-refractivity contribution in [1.29, 1.82) is 0 Å². The van der Waals surface area contributed by atoms with E-state index in [0.29, 0.717) is 0 Å². The summed E-state index contributed by atoms with van der Waals surface area (Å²) in [5.41, 5.74) is 0. The van der Waals surface area contributed by atoms with Gasteiger partial charge in [0.2, 0.25) is 0 Å². The Bertz CT molecular complexity index is 237. The molecule has 70 valence electrons. The first kappa shape index (κ1) is 10.5. The van der Waals surface area contributed by atoms with Gasteiger partial charge in [0.1, 0.15) is 0 Å². The van der Waals surface area contributed by atoms with Crippen LogP contribution in [0.25, 0.3) is 10.8 Å². The SMILES string of the molecule is CCPCC.c1cc2ccc1cc2. The van der Waals surface area contributed by atoms with E-state index in [1.807, 2.05) is 0 Å². The summed E-state index contributed by atoms with van der Waals surface area (Å²) in [7, 11) is 1.20. The Hall–Kier alpha value is -0.610. The second-order valence-electron chi connectivity index (χ2n) is 2.96. The fraction of sp³-hybridized carbons (Fsp3) is 0.333. The van der Waals surface area contributed by atoms with Gasteiger partial charge in [0, 0.05) is 0 Å². The normalized spacial score (nSPS) is 9.69. The number of rotatable bonds is 2. The predicted molar refractivity (Wildman–Crippen MR) is 64.5 cm³/mol. The minimum atomic E-state index is 1.20. The van der Waals surface area contributed by atoms with Crippen LogP contribution in [0.4, 0.5) is 0 Å². The van der Waals surface area contributed by atoms with Crippen molar-refractivity contribution < 1.29 is 0 Å². The molecule has 0 spiro atoms. The minimum absolute atomic E-state index is 1.20. The Labute approximate surface area is 82.5 Å². The van der Waals surface area contributed by atoms with Crippen LogP contribution in [-0.2, 0) is 0 Å². The standard InChI is InChI=1S/C8H6.C4H11P/c1-2-8-5-3-7(1)4-6-8;1-3-5-4-2/h1-6H;5H,3-4H2,1-2H3. The Balaban J connectivity index is 0.000000149. The lowest BCUT2D eigenvalue weighted by atomic mass is 10.1. The summed E-state index contributed by atoms with van der Waals surface area (Å²) in [5.74, 6) is 0. The summed E-state index contributed by atoms with van der Waals surface area (Å²) in [4.78, 5) is 0. The van der Waals surface area contributed by atoms with E-state index in [2.05, 4.69) is 50.2 Å². The monoisotopic (exact) mass is 192 g/mol. The summed E-state index contributed by atoms with van der Waals surface area (Å²) in [6.07, 6.45) is 2.74. The topological polar surface area (TPSA) is 0 Å². The van der Waals surface area contributed by atoms with E-state index in [9.17, 15) is 0 Å². The van der Waals surface area contributed by atoms with Gasteiger partial charge in [-0.1, -0.05) is 50.2 Å². The summed E-state index contributed by atoms with van der Waals surface area (Å²) >= 11 is 0. The molecule has 0 saturated carbocycles. The highest BCUT2D eigenvalue weighted by atomic mass is 31.1. The highest BCUT2D eigenvalue weighted by Crippen LogP contribution is 2.09. The third-order valence-electron chi connectivity index (χ3n) is 1.90. The molecule has 0 saturated heterocycles. The largest absolute Gasteiger partial charge is 0.123 e. The fourth-order valence-electron chi connectivity index (χ4n) is 1.16. The van der Waals surface area contributed by atoms with Gasteiger partial charge in [-0.2, -0.15) is 0 Å². The van der Waals surface area contributed by atoms with Crippen molar-refractivity contribution in [2.75, 3.05) is 12.3 Å². The molecule has 0 atom stereocenters. The number of fused-ring (bicyclic) bond motifs is 3. The second kappa shape index (κ2) is 5.94. The Morgan fingerprint density at radius 1 is 0.769 bits per heavy atom. The molecule has 0 nitrogen and oxygen atoms in total. The molecule has 0 amide bonds. The van der Waals surface area contributed by atoms with Crippen molar-refractivity contribution in [3.8, 4) is 0 Å². The molecule has 0 heterocycles. The van der Waals surface area contributed by atoms with Crippen molar-refractivity contribution in [1.82, 2.24) is 0 Å². The van der Waals surface area contributed by atoms with Crippen molar-refractivity contribution in [3.63, 3.8) is 0 Å². The molecule has 13 heavy (non-hydrogen) atoms. The van der Waals surface area contributed by atoms with Gasteiger partial charge in [-0.3, -0.25) is 0 Å². The van der Waals surface area contributed by atoms with Gasteiger partial charge in [-0.05, 0) is 23.1 Å². The Morgan fingerprint density at radius 2 is 1.08 bits per heavy atom. The molecule has 0 aromatic heterocycles. The predicted octanol–water partition coefficient (Wildman–Crippen LogP) is 3.98. The van der Waals surface area contributed by atoms with E-state index in [0.717, 1.165) is 0 Å². The van der Waals surface area contributed by atoms with Gasteiger partial charge in [0.25, 0.3) is 0 Å². The van der Waals surface area contributed by atoms with Crippen LogP contribution < -0.4 is 0 Å². The molecule has 0 unspecified atom stereocenters. The summed E-state index contributed by atoms with van der Waals surface area (Å²) < 4.78 is 0. The average Bonchev–Trinajstić information content (AvgIpc) is 2.23. The van der Waals surface area contributed by atoms with E-state index < -0.39 is 0 Å². The molecule has 3 aromatic rings. The first-order valence-electron chi connectivity index (χ1n) is 4.85. The van der Waals surface area contributed by atoms with Crippen LogP contribution >= 0.6 is 8.58 Å². The van der Waals surface area contributed by atoms with Crippen LogP contribution in [0.2, 0.25) is 0 Å². The molecule has 3 aromatic carbocycles. The van der Waals surface area contributed by atoms with E-state index >= 15 is 0 Å². The molecule has 0 radical (unpaired) electrons. The number of hydrogen-bond donors (Lipinski definition) is 0. The van der Waals surface area contributed by atoms with Crippen molar-refractivity contribution in [2.24, 2.45) is 0 Å². The van der Waals surface area contributed by atoms with Gasteiger partial charge < -0.3 is 0 Å². The van der Waals surface area contributed by atoms with Crippen molar-refractivity contribution in [2.45, 2.75) is 13.8 Å². The summed E-state index contributed by atoms with van der Waals surface area (Å²) in [6.45, 7) is 4.45. The summed E-state index contributed by atoms with van der Waals surface area (Å²) in [5, 5.41) is 2.61. The van der Waals surface area contributed by atoms with Gasteiger partial charge in [0.15, 0.2) is 0 Å². The zero-order valence-electron chi connectivity index (χ0n) is 8.38. The number of benzene rings is 3. The molecule has 2 bridgehead atoms. The maximum atomic E-state index is 2.22. The third kappa shape index (κ3) is 3.74. The molecule has 0 aliphatic carbocycles. The zero-order chi connectivity index (χ0) is 9.52. The first-order chi connectivity index (χ1) is 6.36. The molecule has 0 N–H and O–H groups in total. The van der Waals surface area contributed by atoms with Gasteiger partial charge >= 0.3 is 0 Å². The molecule has 0 aliphatic heterocycles. The molecule has 1 heteroatoms. The van der Waals surface area contributed by atoms with Gasteiger partial charge in [-0.25, -0.2) is 0 Å². The van der Waals surface area contributed by atoms with E-state index in [4.69, 9.17) is 0 Å². The van der Waals surface area contributed by atoms with Crippen molar-refractivity contribution >= 4 is 19.4 Å². The maximum Gasteiger partial charge on any atom is -0.0256 e. The highest BCUT2D eigenvalue weighted by Gasteiger charge is 1.84. The van der Waals surface area contributed by atoms with Gasteiger partial charge in [-0.15, -0.1) is 8.58 Å². The van der Waals surface area contributed by atoms with Crippen LogP contribution in [0, 0.1) is 0 Å². The van der Waals surface area contributed by atoms with Gasteiger partial charge in [0.05, 0.1) is 0 Å². The van der Waals surface area contributed by atoms with Crippen LogP contribution in [0.5, 0.6) is 0 Å². The maximum absolute atomic E-state index is 2.22. The zero-order valence-corrected chi connectivity index (χ0v) is 9.38. The van der Waals surface area contributed by atoms with Crippen LogP contribution in [0.15, 0.2) is 36.4 Å². The summed E-state index contributed by atoms with van der Waals surface area (Å²) in [6, 6.07) is 12.7. The molecule has 3 rings (SSSR count). The quantitative estimate of drug-likeness (QED) is 0.631. The lowest BCUT2D eigenvalue weighted by Crippen LogP contribution is -1.67. The van der Waals surface area contributed by atoms with E-state index in [-0.39, 0.29) is 0 Å². The molecule has 0 fully saturated rings. The Morgan fingerprint density at radius 3 is 1.15 bits per heavy atom. The lowest BCUT2D eigenvalue weighted by Gasteiger charge is -1.92. The molecule has 0 aliphatic rings. The molecular weight excluding hydrogens is 175 g/mol. The lowest BCUT2D eigenvalue weighted by molar-refractivity contribution is 1.44. The van der Waals surface area contributed by atoms with Crippen molar-refractivity contribution in [3.05, 3.63) is 36.4 Å². The molecular formula is C12H17P. The smallest absolute Gasteiger partial charge is 0.0256 e. The Kier molecular flexibility index (Phi) is 4.78. The highest BCUT2D eigenvalue weighted by molar-refractivity contribution is 7.37. The second-order valence-corrected chi connectivity index (χ2v) is 4.87. The number of hydrogen-bond acceptors (Lipinski definition) is 0. The fourth-order valence-corrected chi connectivity index (χ4v) is 1.66. The first-order valence-corrected chi connectivity index (χ1v) is 6.27. The van der Waals surface area contributed by atoms with Crippen LogP contribution in [0.1, 0.15) is 13.8 Å². The minimum Gasteiger partial charge on any atom is -0.123 e.